The molecule has 5 nitrogen and oxygen atoms in total. The van der Waals surface area contributed by atoms with Crippen LogP contribution in [0.2, 0.25) is 0 Å². The molecule has 4 N–H and O–H groups in total. The Hall–Kier alpha value is -0.200. The average Bonchev–Trinajstić information content (AvgIpc) is 2.89. The molecule has 0 saturated heterocycles. The van der Waals surface area contributed by atoms with E-state index in [0.29, 0.717) is 25.6 Å². The fourth-order valence-corrected chi connectivity index (χ4v) is 5.40. The van der Waals surface area contributed by atoms with Crippen LogP contribution in [0.4, 0.5) is 0 Å². The van der Waals surface area contributed by atoms with Crippen molar-refractivity contribution in [3.05, 3.63) is 0 Å². The Morgan fingerprint density at radius 1 is 0.579 bits per heavy atom. The van der Waals surface area contributed by atoms with E-state index < -0.39 is 0 Å². The highest BCUT2D eigenvalue weighted by atomic mass is 16.3. The number of aliphatic hydroxyl groups excluding tert-OH is 2. The number of nitrogens with two attached hydrogens (primary N) is 1. The average molecular weight is 542 g/mol. The first kappa shape index (κ1) is 37.8. The second-order valence-corrected chi connectivity index (χ2v) is 12.3. The molecule has 0 aromatic carbocycles. The van der Waals surface area contributed by atoms with Crippen LogP contribution in [-0.2, 0) is 0 Å². The molecule has 0 aromatic rings. The van der Waals surface area contributed by atoms with Crippen molar-refractivity contribution in [2.24, 2.45) is 11.7 Å². The number of hydrogen-bond donors (Lipinski definition) is 3. The molecule has 0 radical (unpaired) electrons. The van der Waals surface area contributed by atoms with Crippen molar-refractivity contribution in [3.63, 3.8) is 0 Å². The van der Waals surface area contributed by atoms with Crippen LogP contribution in [0.25, 0.3) is 0 Å². The van der Waals surface area contributed by atoms with Gasteiger partial charge in [0.25, 0.3) is 0 Å². The third-order valence-corrected chi connectivity index (χ3v) is 8.28. The van der Waals surface area contributed by atoms with Gasteiger partial charge in [0.1, 0.15) is 0 Å². The van der Waals surface area contributed by atoms with Crippen molar-refractivity contribution in [1.82, 2.24) is 9.80 Å². The molecule has 0 rings (SSSR count). The Kier molecular flexibility index (Phi) is 28.2. The van der Waals surface area contributed by atoms with Crippen molar-refractivity contribution in [3.8, 4) is 0 Å². The third kappa shape index (κ3) is 24.8. The van der Waals surface area contributed by atoms with Crippen molar-refractivity contribution in [2.45, 2.75) is 161 Å². The van der Waals surface area contributed by atoms with Gasteiger partial charge in [-0.3, -0.25) is 4.90 Å². The van der Waals surface area contributed by atoms with Crippen molar-refractivity contribution in [2.75, 3.05) is 46.3 Å². The number of nitrogens with zero attached hydrogens (tertiary/aromatic N) is 2. The molecule has 0 spiro atoms. The zero-order valence-electron chi connectivity index (χ0n) is 26.5. The first-order valence-electron chi connectivity index (χ1n) is 16.9. The summed E-state index contributed by atoms with van der Waals surface area (Å²) in [5.41, 5.74) is 5.73. The molecule has 0 aliphatic rings. The van der Waals surface area contributed by atoms with Crippen LogP contribution in [0.15, 0.2) is 0 Å². The number of aliphatic hydroxyl groups is 2. The molecule has 0 amide bonds. The van der Waals surface area contributed by atoms with E-state index in [1.807, 2.05) is 0 Å². The van der Waals surface area contributed by atoms with Crippen molar-refractivity contribution >= 4 is 0 Å². The van der Waals surface area contributed by atoms with E-state index in [2.05, 4.69) is 37.6 Å². The maximum Gasteiger partial charge on any atom is 0.0692 e. The maximum atomic E-state index is 11.0. The molecule has 0 aliphatic carbocycles. The van der Waals surface area contributed by atoms with Gasteiger partial charge in [-0.05, 0) is 25.8 Å². The van der Waals surface area contributed by atoms with Gasteiger partial charge in [-0.15, -0.1) is 0 Å². The van der Waals surface area contributed by atoms with Crippen LogP contribution in [0.1, 0.15) is 149 Å². The molecular weight excluding hydrogens is 470 g/mol. The molecule has 0 heterocycles. The number of likely N-dealkylation sites (N-methyl/N-ethyl adjacent to an activating group) is 1. The topological polar surface area (TPSA) is 73.0 Å². The zero-order chi connectivity index (χ0) is 28.3. The maximum absolute atomic E-state index is 11.0. The first-order valence-corrected chi connectivity index (χ1v) is 16.9. The minimum absolute atomic E-state index is 0.304. The largest absolute Gasteiger partial charge is 0.392 e. The second kappa shape index (κ2) is 28.3. The van der Waals surface area contributed by atoms with Gasteiger partial charge in [-0.1, -0.05) is 136 Å². The lowest BCUT2D eigenvalue weighted by molar-refractivity contribution is 0.0365. The summed E-state index contributed by atoms with van der Waals surface area (Å²) < 4.78 is 0. The Labute approximate surface area is 239 Å². The number of hydrogen-bond acceptors (Lipinski definition) is 5. The summed E-state index contributed by atoms with van der Waals surface area (Å²) >= 11 is 0. The number of rotatable bonds is 30. The van der Waals surface area contributed by atoms with Gasteiger partial charge in [0.2, 0.25) is 0 Å². The highest BCUT2D eigenvalue weighted by Crippen LogP contribution is 2.17. The summed E-state index contributed by atoms with van der Waals surface area (Å²) in [5.74, 6) is 0.304. The minimum atomic E-state index is -0.330. The summed E-state index contributed by atoms with van der Waals surface area (Å²) in [7, 11) is 2.10. The Morgan fingerprint density at radius 2 is 1.03 bits per heavy atom. The van der Waals surface area contributed by atoms with Gasteiger partial charge in [-0.2, -0.15) is 0 Å². The van der Waals surface area contributed by atoms with E-state index in [9.17, 15) is 10.2 Å². The van der Waals surface area contributed by atoms with Crippen LogP contribution in [0, 0.1) is 5.92 Å². The normalized spacial score (nSPS) is 14.4. The summed E-state index contributed by atoms with van der Waals surface area (Å²) in [6, 6.07) is 0. The highest BCUT2D eigenvalue weighted by Gasteiger charge is 2.20. The number of unbranched alkanes of at least 4 members (excludes halogenated alkanes) is 16. The lowest BCUT2D eigenvalue weighted by Gasteiger charge is -2.31. The van der Waals surface area contributed by atoms with Crippen LogP contribution < -0.4 is 5.73 Å². The molecule has 0 aromatic heterocycles. The van der Waals surface area contributed by atoms with Gasteiger partial charge in [-0.25, -0.2) is 0 Å². The molecule has 0 fully saturated rings. The summed E-state index contributed by atoms with van der Waals surface area (Å²) in [4.78, 5) is 4.54. The predicted molar refractivity (Wildman–Crippen MR) is 168 cm³/mol. The van der Waals surface area contributed by atoms with E-state index >= 15 is 0 Å². The fourth-order valence-electron chi connectivity index (χ4n) is 5.40. The summed E-state index contributed by atoms with van der Waals surface area (Å²) in [6.45, 7) is 11.4. The molecular formula is C33H71N3O2. The van der Waals surface area contributed by atoms with E-state index in [1.54, 1.807) is 0 Å². The summed E-state index contributed by atoms with van der Waals surface area (Å²) in [5, 5.41) is 21.8. The van der Waals surface area contributed by atoms with Crippen LogP contribution in [0.5, 0.6) is 0 Å². The molecule has 3 unspecified atom stereocenters. The molecule has 0 saturated carbocycles. The van der Waals surface area contributed by atoms with Gasteiger partial charge < -0.3 is 20.8 Å². The van der Waals surface area contributed by atoms with Crippen LogP contribution in [-0.4, -0.2) is 78.5 Å². The SMILES string of the molecule is CCCCCCCCCCCCC(O)CN(CCN(C)CCN)CC(O)C(C)CCCCCCCCCC. The second-order valence-electron chi connectivity index (χ2n) is 12.3. The summed E-state index contributed by atoms with van der Waals surface area (Å²) in [6.07, 6.45) is 25.2. The van der Waals surface area contributed by atoms with E-state index in [4.69, 9.17) is 5.73 Å². The minimum Gasteiger partial charge on any atom is -0.392 e. The quantitative estimate of drug-likeness (QED) is 0.0827. The third-order valence-electron chi connectivity index (χ3n) is 8.28. The van der Waals surface area contributed by atoms with Gasteiger partial charge in [0.05, 0.1) is 12.2 Å². The zero-order valence-corrected chi connectivity index (χ0v) is 26.5. The van der Waals surface area contributed by atoms with E-state index in [0.717, 1.165) is 38.9 Å². The Balaban J connectivity index is 4.27. The van der Waals surface area contributed by atoms with Crippen molar-refractivity contribution < 1.29 is 10.2 Å². The van der Waals surface area contributed by atoms with Crippen LogP contribution in [0.3, 0.4) is 0 Å². The Bertz CT molecular complexity index is 466. The highest BCUT2D eigenvalue weighted by molar-refractivity contribution is 4.74. The van der Waals surface area contributed by atoms with Crippen molar-refractivity contribution in [1.29, 1.82) is 0 Å². The lowest BCUT2D eigenvalue weighted by Crippen LogP contribution is -2.44. The van der Waals surface area contributed by atoms with E-state index in [1.165, 1.54) is 109 Å². The molecule has 0 bridgehead atoms. The van der Waals surface area contributed by atoms with E-state index in [-0.39, 0.29) is 12.2 Å². The lowest BCUT2D eigenvalue weighted by atomic mass is 9.96. The predicted octanol–water partition coefficient (Wildman–Crippen LogP) is 7.38. The molecule has 0 aliphatic heterocycles. The Morgan fingerprint density at radius 3 is 1.50 bits per heavy atom. The fraction of sp³-hybridized carbons (Fsp3) is 1.00. The van der Waals surface area contributed by atoms with Crippen LogP contribution >= 0.6 is 0 Å². The van der Waals surface area contributed by atoms with Gasteiger partial charge in [0.15, 0.2) is 0 Å². The molecule has 5 heteroatoms. The molecule has 230 valence electrons. The van der Waals surface area contributed by atoms with Gasteiger partial charge in [0, 0.05) is 39.3 Å². The molecule has 3 atom stereocenters. The monoisotopic (exact) mass is 542 g/mol. The first-order chi connectivity index (χ1) is 18.4. The standard InChI is InChI=1S/C33H71N3O2/c1-5-7-9-11-13-15-16-18-20-22-24-32(37)29-36(28-27-35(4)26-25-34)30-33(38)31(3)23-21-19-17-14-12-10-8-6-2/h31-33,37-38H,5-30,34H2,1-4H3. The smallest absolute Gasteiger partial charge is 0.0692 e. The molecule has 38 heavy (non-hydrogen) atoms. The van der Waals surface area contributed by atoms with Gasteiger partial charge >= 0.3 is 0 Å².